The van der Waals surface area contributed by atoms with Gasteiger partial charge in [-0.3, -0.25) is 14.2 Å². The molecule has 1 atom stereocenters. The number of thiophene rings is 1. The van der Waals surface area contributed by atoms with Gasteiger partial charge in [0.05, 0.1) is 16.6 Å². The van der Waals surface area contributed by atoms with Gasteiger partial charge in [-0.2, -0.15) is 0 Å². The first-order valence-corrected chi connectivity index (χ1v) is 10.1. The second-order valence-corrected chi connectivity index (χ2v) is 8.05. The summed E-state index contributed by atoms with van der Waals surface area (Å²) >= 11 is 7.18. The molecule has 0 unspecified atom stereocenters. The van der Waals surface area contributed by atoms with Crippen LogP contribution in [0.25, 0.3) is 10.2 Å². The van der Waals surface area contributed by atoms with Crippen LogP contribution in [0, 0.1) is 6.92 Å². The first kappa shape index (κ1) is 19.6. The number of nitrogens with one attached hydrogen (secondary N) is 1. The number of carbonyl (C=O) groups is 1. The maximum absolute atomic E-state index is 12.7. The van der Waals surface area contributed by atoms with Crippen molar-refractivity contribution in [3.8, 4) is 0 Å². The number of rotatable bonds is 6. The van der Waals surface area contributed by atoms with Crippen molar-refractivity contribution < 1.29 is 4.79 Å². The number of aryl methyl sites for hydroxylation is 3. The second-order valence-electron chi connectivity index (χ2n) is 6.61. The Morgan fingerprint density at radius 2 is 2.04 bits per heavy atom. The molecule has 5 nitrogen and oxygen atoms in total. The number of carbonyl (C=O) groups excluding carboxylic acids is 1. The smallest absolute Gasteiger partial charge is 0.262 e. The summed E-state index contributed by atoms with van der Waals surface area (Å²) in [5, 5.41) is 4.30. The van der Waals surface area contributed by atoms with Gasteiger partial charge in [0.1, 0.15) is 4.83 Å². The summed E-state index contributed by atoms with van der Waals surface area (Å²) < 4.78 is 1.55. The van der Waals surface area contributed by atoms with Crippen molar-refractivity contribution in [3.05, 3.63) is 62.0 Å². The third-order valence-electron chi connectivity index (χ3n) is 4.62. The SMILES string of the molecule is CCn1cnc2sc(C(=O)N[C@H](C)CCc3ccc(Cl)cc3)c(C)c2c1=O. The van der Waals surface area contributed by atoms with Gasteiger partial charge in [0.2, 0.25) is 0 Å². The van der Waals surface area contributed by atoms with E-state index in [-0.39, 0.29) is 17.5 Å². The van der Waals surface area contributed by atoms with Crippen molar-refractivity contribution in [2.45, 2.75) is 46.2 Å². The first-order valence-electron chi connectivity index (χ1n) is 8.94. The Labute approximate surface area is 167 Å². The highest BCUT2D eigenvalue weighted by Gasteiger charge is 2.20. The zero-order valence-corrected chi connectivity index (χ0v) is 17.2. The van der Waals surface area contributed by atoms with Gasteiger partial charge in [-0.05, 0) is 56.9 Å². The highest BCUT2D eigenvalue weighted by atomic mass is 35.5. The van der Waals surface area contributed by atoms with Crippen molar-refractivity contribution in [3.63, 3.8) is 0 Å². The van der Waals surface area contributed by atoms with Crippen LogP contribution in [-0.2, 0) is 13.0 Å². The standard InChI is InChI=1S/C20H22ClN3O2S/c1-4-24-11-22-19-16(20(24)26)13(3)17(27-19)18(25)23-12(2)5-6-14-7-9-15(21)10-8-14/h7-12H,4-6H2,1-3H3,(H,23,25)/t12-/m1/s1. The summed E-state index contributed by atoms with van der Waals surface area (Å²) in [5.41, 5.74) is 1.80. The molecule has 27 heavy (non-hydrogen) atoms. The van der Waals surface area contributed by atoms with Crippen LogP contribution in [0.1, 0.15) is 41.1 Å². The predicted octanol–water partition coefficient (Wildman–Crippen LogP) is 4.19. The minimum absolute atomic E-state index is 0.0121. The fourth-order valence-electron chi connectivity index (χ4n) is 3.00. The molecule has 0 radical (unpaired) electrons. The topological polar surface area (TPSA) is 64.0 Å². The van der Waals surface area contributed by atoms with Crippen molar-refractivity contribution in [1.29, 1.82) is 0 Å². The van der Waals surface area contributed by atoms with Gasteiger partial charge >= 0.3 is 0 Å². The van der Waals surface area contributed by atoms with Crippen LogP contribution in [0.2, 0.25) is 5.02 Å². The van der Waals surface area contributed by atoms with Gasteiger partial charge < -0.3 is 5.32 Å². The molecule has 3 aromatic rings. The molecule has 3 rings (SSSR count). The van der Waals surface area contributed by atoms with E-state index in [1.54, 1.807) is 4.57 Å². The largest absolute Gasteiger partial charge is 0.349 e. The Bertz CT molecular complexity index is 1020. The number of benzene rings is 1. The number of nitrogens with zero attached hydrogens (tertiary/aromatic N) is 2. The number of fused-ring (bicyclic) bond motifs is 1. The van der Waals surface area contributed by atoms with Crippen LogP contribution in [-0.4, -0.2) is 21.5 Å². The molecule has 2 heterocycles. The van der Waals surface area contributed by atoms with E-state index in [1.807, 2.05) is 45.0 Å². The van der Waals surface area contributed by atoms with Crippen molar-refractivity contribution >= 4 is 39.1 Å². The summed E-state index contributed by atoms with van der Waals surface area (Å²) in [6.07, 6.45) is 3.21. The van der Waals surface area contributed by atoms with Crippen molar-refractivity contribution in [1.82, 2.24) is 14.9 Å². The lowest BCUT2D eigenvalue weighted by Gasteiger charge is -2.13. The number of aromatic nitrogens is 2. The lowest BCUT2D eigenvalue weighted by Crippen LogP contribution is -2.32. The fraction of sp³-hybridized carbons (Fsp3) is 0.350. The van der Waals surface area contributed by atoms with E-state index in [2.05, 4.69) is 10.3 Å². The lowest BCUT2D eigenvalue weighted by atomic mass is 10.1. The number of amides is 1. The van der Waals surface area contributed by atoms with Crippen LogP contribution in [0.15, 0.2) is 35.4 Å². The molecule has 0 spiro atoms. The maximum Gasteiger partial charge on any atom is 0.262 e. The Hall–Kier alpha value is -2.18. The van der Waals surface area contributed by atoms with Gasteiger partial charge in [-0.25, -0.2) is 4.98 Å². The van der Waals surface area contributed by atoms with Crippen LogP contribution < -0.4 is 10.9 Å². The van der Waals surface area contributed by atoms with E-state index in [9.17, 15) is 9.59 Å². The molecule has 2 aromatic heterocycles. The monoisotopic (exact) mass is 403 g/mol. The molecular weight excluding hydrogens is 382 g/mol. The second kappa shape index (κ2) is 8.23. The maximum atomic E-state index is 12.7. The summed E-state index contributed by atoms with van der Waals surface area (Å²) in [7, 11) is 0. The van der Waals surface area contributed by atoms with Crippen LogP contribution in [0.3, 0.4) is 0 Å². The van der Waals surface area contributed by atoms with E-state index in [1.165, 1.54) is 23.2 Å². The molecule has 0 aliphatic rings. The molecule has 7 heteroatoms. The number of halogens is 1. The highest BCUT2D eigenvalue weighted by Crippen LogP contribution is 2.26. The van der Waals surface area contributed by atoms with Gasteiger partial charge in [-0.15, -0.1) is 11.3 Å². The van der Waals surface area contributed by atoms with E-state index >= 15 is 0 Å². The Morgan fingerprint density at radius 1 is 1.33 bits per heavy atom. The van der Waals surface area contributed by atoms with Gasteiger partial charge in [-0.1, -0.05) is 23.7 Å². The molecule has 1 aromatic carbocycles. The molecule has 1 N–H and O–H groups in total. The van der Waals surface area contributed by atoms with Crippen LogP contribution in [0.5, 0.6) is 0 Å². The molecule has 0 saturated heterocycles. The van der Waals surface area contributed by atoms with Crippen LogP contribution >= 0.6 is 22.9 Å². The van der Waals surface area contributed by atoms with E-state index in [0.29, 0.717) is 27.2 Å². The molecule has 0 aliphatic carbocycles. The number of hydrogen-bond acceptors (Lipinski definition) is 4. The summed E-state index contributed by atoms with van der Waals surface area (Å²) in [6, 6.07) is 7.75. The molecule has 0 bridgehead atoms. The summed E-state index contributed by atoms with van der Waals surface area (Å²) in [6.45, 7) is 6.25. The minimum atomic E-state index is -0.151. The molecule has 0 aliphatic heterocycles. The van der Waals surface area contributed by atoms with Crippen molar-refractivity contribution in [2.24, 2.45) is 0 Å². The third-order valence-corrected chi connectivity index (χ3v) is 6.07. The average Bonchev–Trinajstić information content (AvgIpc) is 2.99. The third kappa shape index (κ3) is 4.22. The van der Waals surface area contributed by atoms with E-state index in [0.717, 1.165) is 17.9 Å². The molecular formula is C20H22ClN3O2S. The number of hydrogen-bond donors (Lipinski definition) is 1. The first-order chi connectivity index (χ1) is 12.9. The molecule has 0 fully saturated rings. The lowest BCUT2D eigenvalue weighted by molar-refractivity contribution is 0.0942. The predicted molar refractivity (Wildman–Crippen MR) is 111 cm³/mol. The van der Waals surface area contributed by atoms with Gasteiger partial charge in [0, 0.05) is 17.6 Å². The average molecular weight is 404 g/mol. The molecule has 0 saturated carbocycles. The summed E-state index contributed by atoms with van der Waals surface area (Å²) in [4.78, 5) is 30.7. The molecule has 142 valence electrons. The minimum Gasteiger partial charge on any atom is -0.349 e. The van der Waals surface area contributed by atoms with Crippen molar-refractivity contribution in [2.75, 3.05) is 0 Å². The zero-order valence-electron chi connectivity index (χ0n) is 15.6. The molecule has 1 amide bonds. The van der Waals surface area contributed by atoms with E-state index in [4.69, 9.17) is 11.6 Å². The Kier molecular flexibility index (Phi) is 5.97. The highest BCUT2D eigenvalue weighted by molar-refractivity contribution is 7.20. The quantitative estimate of drug-likeness (QED) is 0.671. The normalized spacial score (nSPS) is 12.3. The van der Waals surface area contributed by atoms with Gasteiger partial charge in [0.25, 0.3) is 11.5 Å². The zero-order chi connectivity index (χ0) is 19.6. The fourth-order valence-corrected chi connectivity index (χ4v) is 4.17. The van der Waals surface area contributed by atoms with Gasteiger partial charge in [0.15, 0.2) is 0 Å². The Balaban J connectivity index is 1.72. The van der Waals surface area contributed by atoms with E-state index < -0.39 is 0 Å². The van der Waals surface area contributed by atoms with Crippen LogP contribution in [0.4, 0.5) is 0 Å². The summed E-state index contributed by atoms with van der Waals surface area (Å²) in [5.74, 6) is -0.151. The Morgan fingerprint density at radius 3 is 2.70 bits per heavy atom.